The number of aromatic nitrogens is 3. The number of carbonyl (C=O) groups is 1. The van der Waals surface area contributed by atoms with Crippen LogP contribution in [0, 0.1) is 6.92 Å². The molecule has 1 atom stereocenters. The molecule has 1 N–H and O–H groups in total. The summed E-state index contributed by atoms with van der Waals surface area (Å²) < 4.78 is 5.43. The van der Waals surface area contributed by atoms with E-state index >= 15 is 0 Å². The molecule has 6 rings (SSSR count). The van der Waals surface area contributed by atoms with Crippen molar-refractivity contribution >= 4 is 16.8 Å². The molecule has 1 aliphatic heterocycles. The number of benzene rings is 1. The lowest BCUT2D eigenvalue weighted by Crippen LogP contribution is -2.39. The number of amides is 1. The fraction of sp³-hybridized carbons (Fsp3) is 0.346. The smallest absolute Gasteiger partial charge is 0.276 e. The fourth-order valence-electron chi connectivity index (χ4n) is 4.97. The number of hydrogen-bond donors (Lipinski definition) is 1. The number of aryl methyl sites for hydroxylation is 1. The summed E-state index contributed by atoms with van der Waals surface area (Å²) >= 11 is 0. The predicted molar refractivity (Wildman–Crippen MR) is 123 cm³/mol. The zero-order valence-electron chi connectivity index (χ0n) is 18.2. The predicted octanol–water partition coefficient (Wildman–Crippen LogP) is 5.42. The van der Waals surface area contributed by atoms with Gasteiger partial charge in [-0.3, -0.25) is 9.78 Å². The standard InChI is InChI=1S/C26H26N4O2/c1-16-4-7-21-20(13-16)24(18-8-10-27-11-9-18)25(28-21)19-3-2-12-30(15-19)26(31)22-14-23(32-29-22)17-5-6-17/h4,7-11,13-14,17,19,28H,2-3,5-6,12,15H2,1H3. The molecule has 162 valence electrons. The third kappa shape index (κ3) is 3.40. The van der Waals surface area contributed by atoms with Crippen molar-refractivity contribution in [2.45, 2.75) is 44.4 Å². The average Bonchev–Trinajstić information content (AvgIpc) is 3.44. The van der Waals surface area contributed by atoms with Crippen molar-refractivity contribution in [2.24, 2.45) is 0 Å². The van der Waals surface area contributed by atoms with E-state index < -0.39 is 0 Å². The fourth-order valence-corrected chi connectivity index (χ4v) is 4.97. The number of likely N-dealkylation sites (tertiary alicyclic amines) is 1. The first-order valence-electron chi connectivity index (χ1n) is 11.5. The second kappa shape index (κ2) is 7.62. The molecule has 2 fully saturated rings. The molecule has 6 nitrogen and oxygen atoms in total. The molecule has 3 aromatic heterocycles. The summed E-state index contributed by atoms with van der Waals surface area (Å²) in [5.41, 5.74) is 6.38. The van der Waals surface area contributed by atoms with Gasteiger partial charge >= 0.3 is 0 Å². The van der Waals surface area contributed by atoms with E-state index in [-0.39, 0.29) is 11.8 Å². The van der Waals surface area contributed by atoms with E-state index in [1.807, 2.05) is 23.4 Å². The molecule has 1 saturated carbocycles. The van der Waals surface area contributed by atoms with Gasteiger partial charge in [-0.25, -0.2) is 0 Å². The second-order valence-corrected chi connectivity index (χ2v) is 9.18. The van der Waals surface area contributed by atoms with Crippen LogP contribution in [0.4, 0.5) is 0 Å². The molecule has 6 heteroatoms. The van der Waals surface area contributed by atoms with Crippen LogP contribution in [0.1, 0.15) is 65.0 Å². The Morgan fingerprint density at radius 2 is 1.94 bits per heavy atom. The lowest BCUT2D eigenvalue weighted by Gasteiger charge is -2.32. The minimum absolute atomic E-state index is 0.0252. The molecule has 1 amide bonds. The molecule has 1 aromatic carbocycles. The molecule has 0 radical (unpaired) electrons. The van der Waals surface area contributed by atoms with Crippen LogP contribution in [-0.2, 0) is 0 Å². The lowest BCUT2D eigenvalue weighted by atomic mass is 9.89. The number of H-pyrrole nitrogens is 1. The van der Waals surface area contributed by atoms with Crippen molar-refractivity contribution in [3.05, 3.63) is 71.5 Å². The van der Waals surface area contributed by atoms with Gasteiger partial charge in [-0.15, -0.1) is 0 Å². The molecule has 4 heterocycles. The largest absolute Gasteiger partial charge is 0.360 e. The van der Waals surface area contributed by atoms with Crippen LogP contribution in [0.3, 0.4) is 0 Å². The number of fused-ring (bicyclic) bond motifs is 1. The molecule has 0 bridgehead atoms. The summed E-state index contributed by atoms with van der Waals surface area (Å²) in [7, 11) is 0. The first-order chi connectivity index (χ1) is 15.7. The molecule has 1 saturated heterocycles. The first kappa shape index (κ1) is 19.3. The van der Waals surface area contributed by atoms with Gasteiger partial charge in [-0.1, -0.05) is 16.8 Å². The van der Waals surface area contributed by atoms with Crippen molar-refractivity contribution < 1.29 is 9.32 Å². The Bertz CT molecular complexity index is 1290. The number of hydrogen-bond acceptors (Lipinski definition) is 4. The molecule has 2 aliphatic rings. The summed E-state index contributed by atoms with van der Waals surface area (Å²) in [5, 5.41) is 5.30. The highest BCUT2D eigenvalue weighted by atomic mass is 16.5. The highest BCUT2D eigenvalue weighted by molar-refractivity contribution is 5.98. The van der Waals surface area contributed by atoms with Crippen molar-refractivity contribution in [1.82, 2.24) is 20.0 Å². The maximum Gasteiger partial charge on any atom is 0.276 e. The van der Waals surface area contributed by atoms with Gasteiger partial charge in [0.05, 0.1) is 0 Å². The topological polar surface area (TPSA) is 75.0 Å². The minimum atomic E-state index is -0.0252. The van der Waals surface area contributed by atoms with Gasteiger partial charge in [0.1, 0.15) is 5.76 Å². The number of pyridine rings is 1. The van der Waals surface area contributed by atoms with Gasteiger partial charge in [0.15, 0.2) is 5.69 Å². The Morgan fingerprint density at radius 3 is 2.75 bits per heavy atom. The SMILES string of the molecule is Cc1ccc2[nH]c(C3CCCN(C(=O)c4cc(C5CC5)on4)C3)c(-c3ccncc3)c2c1. The maximum atomic E-state index is 13.2. The monoisotopic (exact) mass is 426 g/mol. The van der Waals surface area contributed by atoms with Gasteiger partial charge in [0.25, 0.3) is 5.91 Å². The summed E-state index contributed by atoms with van der Waals surface area (Å²) in [6, 6.07) is 12.5. The Kier molecular flexibility index (Phi) is 4.59. The van der Waals surface area contributed by atoms with Crippen LogP contribution in [0.15, 0.2) is 53.3 Å². The minimum Gasteiger partial charge on any atom is -0.360 e. The van der Waals surface area contributed by atoms with Crippen LogP contribution < -0.4 is 0 Å². The lowest BCUT2D eigenvalue weighted by molar-refractivity contribution is 0.0695. The first-order valence-corrected chi connectivity index (χ1v) is 11.5. The van der Waals surface area contributed by atoms with E-state index in [1.54, 1.807) is 0 Å². The van der Waals surface area contributed by atoms with Crippen molar-refractivity contribution in [2.75, 3.05) is 13.1 Å². The number of aromatic amines is 1. The Hall–Kier alpha value is -3.41. The summed E-state index contributed by atoms with van der Waals surface area (Å²) in [4.78, 5) is 23.0. The maximum absolute atomic E-state index is 13.2. The van der Waals surface area contributed by atoms with Gasteiger partial charge in [0, 0.05) is 65.5 Å². The number of rotatable bonds is 4. The summed E-state index contributed by atoms with van der Waals surface area (Å²) in [6.45, 7) is 3.55. The van der Waals surface area contributed by atoms with Crippen LogP contribution in [0.25, 0.3) is 22.0 Å². The van der Waals surface area contributed by atoms with E-state index in [0.29, 0.717) is 18.2 Å². The van der Waals surface area contributed by atoms with Crippen LogP contribution in [-0.4, -0.2) is 39.0 Å². The second-order valence-electron chi connectivity index (χ2n) is 9.18. The third-order valence-electron chi connectivity index (χ3n) is 6.80. The highest BCUT2D eigenvalue weighted by Gasteiger charge is 2.32. The molecule has 32 heavy (non-hydrogen) atoms. The molecule has 0 spiro atoms. The third-order valence-corrected chi connectivity index (χ3v) is 6.80. The molecule has 1 aliphatic carbocycles. The van der Waals surface area contributed by atoms with Crippen LogP contribution >= 0.6 is 0 Å². The molecular weight excluding hydrogens is 400 g/mol. The Morgan fingerprint density at radius 1 is 1.09 bits per heavy atom. The van der Waals surface area contributed by atoms with Crippen molar-refractivity contribution in [3.8, 4) is 11.1 Å². The number of piperidine rings is 1. The number of carbonyl (C=O) groups excluding carboxylic acids is 1. The molecular formula is C26H26N4O2. The normalized spacial score (nSPS) is 18.9. The molecule has 1 unspecified atom stereocenters. The average molecular weight is 427 g/mol. The number of nitrogens with zero attached hydrogens (tertiary/aromatic N) is 3. The zero-order chi connectivity index (χ0) is 21.7. The van der Waals surface area contributed by atoms with E-state index in [9.17, 15) is 4.79 Å². The van der Waals surface area contributed by atoms with E-state index in [2.05, 4.69) is 52.4 Å². The quantitative estimate of drug-likeness (QED) is 0.473. The van der Waals surface area contributed by atoms with Crippen LogP contribution in [0.5, 0.6) is 0 Å². The Labute approximate surface area is 186 Å². The number of nitrogens with one attached hydrogen (secondary N) is 1. The summed E-state index contributed by atoms with van der Waals surface area (Å²) in [5.74, 6) is 1.52. The van der Waals surface area contributed by atoms with Gasteiger partial charge in [-0.2, -0.15) is 0 Å². The van der Waals surface area contributed by atoms with Crippen LogP contribution in [0.2, 0.25) is 0 Å². The van der Waals surface area contributed by atoms with Gasteiger partial charge in [0.2, 0.25) is 0 Å². The van der Waals surface area contributed by atoms with Gasteiger partial charge < -0.3 is 14.4 Å². The van der Waals surface area contributed by atoms with E-state index in [1.165, 1.54) is 22.2 Å². The molecule has 4 aromatic rings. The van der Waals surface area contributed by atoms with E-state index in [0.717, 1.165) is 49.1 Å². The van der Waals surface area contributed by atoms with Crippen molar-refractivity contribution in [3.63, 3.8) is 0 Å². The zero-order valence-corrected chi connectivity index (χ0v) is 18.2. The van der Waals surface area contributed by atoms with Crippen molar-refractivity contribution in [1.29, 1.82) is 0 Å². The van der Waals surface area contributed by atoms with E-state index in [4.69, 9.17) is 4.52 Å². The highest BCUT2D eigenvalue weighted by Crippen LogP contribution is 2.41. The van der Waals surface area contributed by atoms with Gasteiger partial charge in [-0.05, 0) is 62.4 Å². The Balaban J connectivity index is 1.35. The summed E-state index contributed by atoms with van der Waals surface area (Å²) in [6.07, 6.45) is 7.95.